The Hall–Kier alpha value is -1.53. The summed E-state index contributed by atoms with van der Waals surface area (Å²) in [6, 6.07) is 3.30. The van der Waals surface area contributed by atoms with Crippen molar-refractivity contribution in [1.29, 1.82) is 0 Å². The highest BCUT2D eigenvalue weighted by atomic mass is 19.1. The molecule has 140 valence electrons. The first-order valence-electron chi connectivity index (χ1n) is 8.98. The molecular formula is C19H29F2N3O. The SMILES string of the molecule is CC(CC(=O)NCC(c1c(F)cccc1F)N(C)C)C1CCNCC1. The molecule has 2 rings (SSSR count). The highest BCUT2D eigenvalue weighted by molar-refractivity contribution is 5.76. The van der Waals surface area contributed by atoms with Crippen LogP contribution in [0.2, 0.25) is 0 Å². The summed E-state index contributed by atoms with van der Waals surface area (Å²) in [6.07, 6.45) is 2.63. The Labute approximate surface area is 149 Å². The number of hydrogen-bond donors (Lipinski definition) is 2. The smallest absolute Gasteiger partial charge is 0.220 e. The van der Waals surface area contributed by atoms with Crippen molar-refractivity contribution in [3.8, 4) is 0 Å². The molecule has 1 aromatic carbocycles. The Kier molecular flexibility index (Phi) is 7.32. The van der Waals surface area contributed by atoms with Gasteiger partial charge in [-0.15, -0.1) is 0 Å². The fourth-order valence-electron chi connectivity index (χ4n) is 3.53. The van der Waals surface area contributed by atoms with Crippen LogP contribution in [0, 0.1) is 23.5 Å². The monoisotopic (exact) mass is 353 g/mol. The van der Waals surface area contributed by atoms with Gasteiger partial charge < -0.3 is 15.5 Å². The molecule has 4 nitrogen and oxygen atoms in total. The topological polar surface area (TPSA) is 44.4 Å². The third kappa shape index (κ3) is 5.47. The Morgan fingerprint density at radius 1 is 1.28 bits per heavy atom. The second kappa shape index (κ2) is 9.25. The molecule has 1 amide bonds. The largest absolute Gasteiger partial charge is 0.354 e. The second-order valence-electron chi connectivity index (χ2n) is 7.19. The second-order valence-corrected chi connectivity index (χ2v) is 7.19. The lowest BCUT2D eigenvalue weighted by Gasteiger charge is -2.29. The lowest BCUT2D eigenvalue weighted by atomic mass is 9.84. The van der Waals surface area contributed by atoms with Crippen molar-refractivity contribution in [1.82, 2.24) is 15.5 Å². The maximum atomic E-state index is 14.1. The Bertz CT molecular complexity index is 554. The minimum absolute atomic E-state index is 0.000738. The number of carbonyl (C=O) groups excluding carboxylic acids is 1. The molecule has 1 saturated heterocycles. The molecule has 0 bridgehead atoms. The minimum atomic E-state index is -0.587. The Morgan fingerprint density at radius 3 is 2.44 bits per heavy atom. The lowest BCUT2D eigenvalue weighted by molar-refractivity contribution is -0.122. The van der Waals surface area contributed by atoms with Gasteiger partial charge in [-0.05, 0) is 64.0 Å². The van der Waals surface area contributed by atoms with Gasteiger partial charge in [0, 0.05) is 18.5 Å². The van der Waals surface area contributed by atoms with Gasteiger partial charge in [-0.1, -0.05) is 13.0 Å². The van der Waals surface area contributed by atoms with Crippen LogP contribution in [0.3, 0.4) is 0 Å². The highest BCUT2D eigenvalue weighted by Gasteiger charge is 2.25. The molecule has 1 fully saturated rings. The number of carbonyl (C=O) groups is 1. The molecule has 1 heterocycles. The molecule has 0 saturated carbocycles. The van der Waals surface area contributed by atoms with Gasteiger partial charge in [0.2, 0.25) is 5.91 Å². The van der Waals surface area contributed by atoms with E-state index < -0.39 is 17.7 Å². The quantitative estimate of drug-likeness (QED) is 0.792. The number of likely N-dealkylation sites (N-methyl/N-ethyl adjacent to an activating group) is 1. The zero-order valence-corrected chi connectivity index (χ0v) is 15.3. The van der Waals surface area contributed by atoms with Crippen LogP contribution in [0.5, 0.6) is 0 Å². The van der Waals surface area contributed by atoms with Crippen molar-refractivity contribution in [3.63, 3.8) is 0 Å². The van der Waals surface area contributed by atoms with Gasteiger partial charge in [-0.2, -0.15) is 0 Å². The minimum Gasteiger partial charge on any atom is -0.354 e. The van der Waals surface area contributed by atoms with E-state index in [9.17, 15) is 13.6 Å². The van der Waals surface area contributed by atoms with Gasteiger partial charge in [0.05, 0.1) is 6.04 Å². The van der Waals surface area contributed by atoms with Crippen LogP contribution >= 0.6 is 0 Å². The van der Waals surface area contributed by atoms with Gasteiger partial charge in [-0.3, -0.25) is 4.79 Å². The molecule has 25 heavy (non-hydrogen) atoms. The van der Waals surface area contributed by atoms with Crippen LogP contribution < -0.4 is 10.6 Å². The van der Waals surface area contributed by atoms with E-state index in [1.165, 1.54) is 18.2 Å². The van der Waals surface area contributed by atoms with E-state index in [1.807, 2.05) is 0 Å². The molecule has 0 aromatic heterocycles. The number of hydrogen-bond acceptors (Lipinski definition) is 3. The summed E-state index contributed by atoms with van der Waals surface area (Å²) in [6.45, 7) is 4.30. The molecule has 2 N–H and O–H groups in total. The number of benzene rings is 1. The Balaban J connectivity index is 1.93. The van der Waals surface area contributed by atoms with E-state index in [0.29, 0.717) is 18.3 Å². The molecule has 0 aliphatic carbocycles. The summed E-state index contributed by atoms with van der Waals surface area (Å²) in [7, 11) is 3.50. The van der Waals surface area contributed by atoms with Crippen molar-refractivity contribution >= 4 is 5.91 Å². The molecule has 2 unspecified atom stereocenters. The van der Waals surface area contributed by atoms with Crippen molar-refractivity contribution in [3.05, 3.63) is 35.4 Å². The van der Waals surface area contributed by atoms with E-state index in [2.05, 4.69) is 17.6 Å². The first-order chi connectivity index (χ1) is 11.9. The summed E-state index contributed by atoms with van der Waals surface area (Å²) in [5.41, 5.74) is -0.000738. The third-order valence-corrected chi connectivity index (χ3v) is 5.14. The van der Waals surface area contributed by atoms with Crippen molar-refractivity contribution in [2.45, 2.75) is 32.2 Å². The molecule has 1 aliphatic heterocycles. The average molecular weight is 353 g/mol. The summed E-state index contributed by atoms with van der Waals surface area (Å²) < 4.78 is 28.1. The van der Waals surface area contributed by atoms with Crippen LogP contribution in [-0.2, 0) is 4.79 Å². The van der Waals surface area contributed by atoms with Crippen molar-refractivity contribution < 1.29 is 13.6 Å². The summed E-state index contributed by atoms with van der Waals surface area (Å²) in [5, 5.41) is 6.18. The fourth-order valence-corrected chi connectivity index (χ4v) is 3.53. The molecule has 0 spiro atoms. The maximum absolute atomic E-state index is 14.1. The van der Waals surface area contributed by atoms with E-state index in [1.54, 1.807) is 19.0 Å². The van der Waals surface area contributed by atoms with Gasteiger partial charge >= 0.3 is 0 Å². The Morgan fingerprint density at radius 2 is 1.88 bits per heavy atom. The van der Waals surface area contributed by atoms with E-state index in [4.69, 9.17) is 0 Å². The number of halogens is 2. The van der Waals surface area contributed by atoms with Crippen molar-refractivity contribution in [2.75, 3.05) is 33.7 Å². The van der Waals surface area contributed by atoms with Gasteiger partial charge in [0.25, 0.3) is 0 Å². The van der Waals surface area contributed by atoms with E-state index in [-0.39, 0.29) is 18.0 Å². The van der Waals surface area contributed by atoms with Crippen LogP contribution in [0.25, 0.3) is 0 Å². The van der Waals surface area contributed by atoms with Crippen LogP contribution in [-0.4, -0.2) is 44.5 Å². The summed E-state index contributed by atoms with van der Waals surface area (Å²) in [5.74, 6) is -0.368. The summed E-state index contributed by atoms with van der Waals surface area (Å²) >= 11 is 0. The normalized spacial score (nSPS) is 18.2. The first kappa shape index (κ1) is 19.8. The molecule has 0 radical (unpaired) electrons. The molecule has 1 aromatic rings. The van der Waals surface area contributed by atoms with E-state index >= 15 is 0 Å². The van der Waals surface area contributed by atoms with Gasteiger partial charge in [-0.25, -0.2) is 8.78 Å². The number of nitrogens with one attached hydrogen (secondary N) is 2. The predicted octanol–water partition coefficient (Wildman–Crippen LogP) is 2.71. The third-order valence-electron chi connectivity index (χ3n) is 5.14. The molecule has 2 atom stereocenters. The number of rotatable bonds is 7. The maximum Gasteiger partial charge on any atom is 0.220 e. The molecular weight excluding hydrogens is 324 g/mol. The van der Waals surface area contributed by atoms with Crippen LogP contribution in [0.15, 0.2) is 18.2 Å². The number of amides is 1. The number of nitrogens with zero attached hydrogens (tertiary/aromatic N) is 1. The van der Waals surface area contributed by atoms with Crippen LogP contribution in [0.1, 0.15) is 37.8 Å². The standard InChI is InChI=1S/C19H29F2N3O/c1-13(14-7-9-22-10-8-14)11-18(25)23-12-17(24(2)3)19-15(20)5-4-6-16(19)21/h4-6,13-14,17,22H,7-12H2,1-3H3,(H,23,25). The predicted molar refractivity (Wildman–Crippen MR) is 95.2 cm³/mol. The lowest BCUT2D eigenvalue weighted by Crippen LogP contribution is -2.37. The fraction of sp³-hybridized carbons (Fsp3) is 0.632. The van der Waals surface area contributed by atoms with E-state index in [0.717, 1.165) is 25.9 Å². The number of piperidine rings is 1. The van der Waals surface area contributed by atoms with Gasteiger partial charge in [0.1, 0.15) is 11.6 Å². The highest BCUT2D eigenvalue weighted by Crippen LogP contribution is 2.25. The first-order valence-corrected chi connectivity index (χ1v) is 8.98. The zero-order valence-electron chi connectivity index (χ0n) is 15.3. The average Bonchev–Trinajstić information content (AvgIpc) is 2.57. The molecule has 1 aliphatic rings. The zero-order chi connectivity index (χ0) is 18.4. The van der Waals surface area contributed by atoms with Crippen molar-refractivity contribution in [2.24, 2.45) is 11.8 Å². The molecule has 6 heteroatoms. The summed E-state index contributed by atoms with van der Waals surface area (Å²) in [4.78, 5) is 14.0. The van der Waals surface area contributed by atoms with Gasteiger partial charge in [0.15, 0.2) is 0 Å². The van der Waals surface area contributed by atoms with Crippen LogP contribution in [0.4, 0.5) is 8.78 Å².